The van der Waals surface area contributed by atoms with Crippen molar-refractivity contribution in [3.05, 3.63) is 75.8 Å². The van der Waals surface area contributed by atoms with E-state index in [4.69, 9.17) is 5.26 Å². The fourth-order valence-electron chi connectivity index (χ4n) is 3.06. The van der Waals surface area contributed by atoms with Gasteiger partial charge in [-0.2, -0.15) is 5.26 Å². The van der Waals surface area contributed by atoms with Gasteiger partial charge in [-0.25, -0.2) is 0 Å². The van der Waals surface area contributed by atoms with E-state index in [-0.39, 0.29) is 11.6 Å². The Labute approximate surface area is 173 Å². The fraction of sp³-hybridized carbons (Fsp3) is 0.182. The molecule has 0 aliphatic carbocycles. The number of amides is 1. The van der Waals surface area contributed by atoms with Crippen molar-refractivity contribution in [2.45, 2.75) is 0 Å². The first-order chi connectivity index (χ1) is 14.4. The van der Waals surface area contributed by atoms with Crippen LogP contribution in [0.5, 0.6) is 0 Å². The van der Waals surface area contributed by atoms with Crippen molar-refractivity contribution >= 4 is 11.6 Å². The third-order valence-electron chi connectivity index (χ3n) is 4.60. The molecule has 0 radical (unpaired) electrons. The molecule has 1 heterocycles. The molecule has 8 nitrogen and oxygen atoms in total. The number of carbonyl (C=O) groups is 1. The number of nitro benzene ring substituents is 1. The first-order valence-corrected chi connectivity index (χ1v) is 9.31. The molecule has 0 bridgehead atoms. The summed E-state index contributed by atoms with van der Waals surface area (Å²) in [6.45, 7) is 1.11. The van der Waals surface area contributed by atoms with Crippen LogP contribution in [-0.2, 0) is 0 Å². The van der Waals surface area contributed by atoms with E-state index in [1.807, 2.05) is 19.0 Å². The number of benzene rings is 2. The summed E-state index contributed by atoms with van der Waals surface area (Å²) in [4.78, 5) is 29.1. The van der Waals surface area contributed by atoms with Crippen molar-refractivity contribution in [1.29, 1.82) is 5.26 Å². The number of hydrogen-bond acceptors (Lipinski definition) is 5. The van der Waals surface area contributed by atoms with Crippen LogP contribution in [0, 0.1) is 21.4 Å². The van der Waals surface area contributed by atoms with Crippen molar-refractivity contribution in [3.63, 3.8) is 0 Å². The van der Waals surface area contributed by atoms with Crippen molar-refractivity contribution in [2.75, 3.05) is 27.2 Å². The molecule has 2 N–H and O–H groups in total. The van der Waals surface area contributed by atoms with E-state index in [2.05, 4.69) is 16.4 Å². The van der Waals surface area contributed by atoms with Crippen LogP contribution in [0.3, 0.4) is 0 Å². The maximum absolute atomic E-state index is 12.9. The van der Waals surface area contributed by atoms with Crippen molar-refractivity contribution in [3.8, 4) is 28.6 Å². The lowest BCUT2D eigenvalue weighted by atomic mass is 10.0. The first kappa shape index (κ1) is 20.8. The molecule has 0 unspecified atom stereocenters. The largest absolute Gasteiger partial charge is 0.354 e. The molecule has 0 atom stereocenters. The van der Waals surface area contributed by atoms with Gasteiger partial charge in [-0.1, -0.05) is 24.3 Å². The van der Waals surface area contributed by atoms with Crippen molar-refractivity contribution < 1.29 is 9.72 Å². The summed E-state index contributed by atoms with van der Waals surface area (Å²) in [5, 5.41) is 23.4. The van der Waals surface area contributed by atoms with Gasteiger partial charge in [0.1, 0.15) is 0 Å². The molecule has 3 aromatic rings. The Kier molecular flexibility index (Phi) is 6.25. The number of rotatable bonds is 7. The van der Waals surface area contributed by atoms with Crippen molar-refractivity contribution in [2.24, 2.45) is 0 Å². The SMILES string of the molecule is CN(C)CCNC(=O)c1cc(-c2ccc(C#N)cc2)[nH]c1-c1ccccc1[N+](=O)[O-]. The quantitative estimate of drug-likeness (QED) is 0.463. The summed E-state index contributed by atoms with van der Waals surface area (Å²) < 4.78 is 0. The number of nitriles is 1. The first-order valence-electron chi connectivity index (χ1n) is 9.31. The van der Waals surface area contributed by atoms with Gasteiger partial charge in [0.2, 0.25) is 0 Å². The highest BCUT2D eigenvalue weighted by Crippen LogP contribution is 2.34. The number of likely N-dealkylation sites (N-methyl/N-ethyl adjacent to an activating group) is 1. The molecule has 0 aliphatic heterocycles. The number of carbonyl (C=O) groups excluding carboxylic acids is 1. The molecule has 1 aromatic heterocycles. The Bertz CT molecular complexity index is 1110. The summed E-state index contributed by atoms with van der Waals surface area (Å²) in [5.41, 5.74) is 2.86. The zero-order valence-corrected chi connectivity index (χ0v) is 16.7. The number of nitrogens with zero attached hydrogens (tertiary/aromatic N) is 3. The summed E-state index contributed by atoms with van der Waals surface area (Å²) in [7, 11) is 3.81. The predicted octanol–water partition coefficient (Wildman–Crippen LogP) is 3.42. The van der Waals surface area contributed by atoms with Crippen LogP contribution in [0.4, 0.5) is 5.69 Å². The topological polar surface area (TPSA) is 115 Å². The molecule has 0 saturated carbocycles. The number of nitrogens with one attached hydrogen (secondary N) is 2. The number of H-pyrrole nitrogens is 1. The van der Waals surface area contributed by atoms with Crippen LogP contribution in [-0.4, -0.2) is 47.9 Å². The average molecular weight is 403 g/mol. The van der Waals surface area contributed by atoms with Gasteiger partial charge in [-0.05, 0) is 43.9 Å². The fourth-order valence-corrected chi connectivity index (χ4v) is 3.06. The Balaban J connectivity index is 2.07. The molecule has 0 saturated heterocycles. The number of para-hydroxylation sites is 1. The van der Waals surface area contributed by atoms with E-state index in [0.29, 0.717) is 41.2 Å². The Morgan fingerprint density at radius 3 is 2.53 bits per heavy atom. The zero-order chi connectivity index (χ0) is 21.7. The molecule has 3 rings (SSSR count). The maximum atomic E-state index is 12.9. The van der Waals surface area contributed by atoms with Gasteiger partial charge in [0, 0.05) is 24.8 Å². The molecule has 0 spiro atoms. The molecule has 1 amide bonds. The second-order valence-corrected chi connectivity index (χ2v) is 6.99. The van der Waals surface area contributed by atoms with Crippen LogP contribution >= 0.6 is 0 Å². The van der Waals surface area contributed by atoms with Crippen LogP contribution in [0.15, 0.2) is 54.6 Å². The van der Waals surface area contributed by atoms with Crippen molar-refractivity contribution in [1.82, 2.24) is 15.2 Å². The van der Waals surface area contributed by atoms with E-state index < -0.39 is 4.92 Å². The Morgan fingerprint density at radius 2 is 1.90 bits per heavy atom. The van der Waals surface area contributed by atoms with Gasteiger partial charge in [0.05, 0.1) is 33.4 Å². The standard InChI is InChI=1S/C22H21N5O3/c1-26(2)12-11-24-22(28)18-13-19(16-9-7-15(14-23)8-10-16)25-21(18)17-5-3-4-6-20(17)27(29)30/h3-10,13,25H,11-12H2,1-2H3,(H,24,28). The highest BCUT2D eigenvalue weighted by Gasteiger charge is 2.23. The predicted molar refractivity (Wildman–Crippen MR) is 114 cm³/mol. The highest BCUT2D eigenvalue weighted by atomic mass is 16.6. The number of aromatic nitrogens is 1. The van der Waals surface area contributed by atoms with Gasteiger partial charge >= 0.3 is 0 Å². The molecule has 30 heavy (non-hydrogen) atoms. The normalized spacial score (nSPS) is 10.6. The summed E-state index contributed by atoms with van der Waals surface area (Å²) in [5.74, 6) is -0.318. The Morgan fingerprint density at radius 1 is 1.20 bits per heavy atom. The third-order valence-corrected chi connectivity index (χ3v) is 4.60. The van der Waals surface area contributed by atoms with E-state index in [9.17, 15) is 14.9 Å². The average Bonchev–Trinajstić information content (AvgIpc) is 3.19. The molecule has 0 aliphatic rings. The molecule has 152 valence electrons. The molecule has 0 fully saturated rings. The molecular formula is C22H21N5O3. The van der Waals surface area contributed by atoms with Gasteiger partial charge in [0.25, 0.3) is 11.6 Å². The van der Waals surface area contributed by atoms with Crippen LogP contribution in [0.25, 0.3) is 22.5 Å². The van der Waals surface area contributed by atoms with E-state index >= 15 is 0 Å². The maximum Gasteiger partial charge on any atom is 0.278 e. The molecular weight excluding hydrogens is 382 g/mol. The Hall–Kier alpha value is -3.96. The minimum atomic E-state index is -0.467. The lowest BCUT2D eigenvalue weighted by molar-refractivity contribution is -0.384. The smallest absolute Gasteiger partial charge is 0.278 e. The van der Waals surface area contributed by atoms with Crippen LogP contribution in [0.1, 0.15) is 15.9 Å². The van der Waals surface area contributed by atoms with Crippen LogP contribution < -0.4 is 5.32 Å². The number of hydrogen-bond donors (Lipinski definition) is 2. The lowest BCUT2D eigenvalue weighted by Crippen LogP contribution is -2.31. The van der Waals surface area contributed by atoms with E-state index in [0.717, 1.165) is 5.56 Å². The number of nitro groups is 1. The highest BCUT2D eigenvalue weighted by molar-refractivity contribution is 6.02. The zero-order valence-electron chi connectivity index (χ0n) is 16.7. The minimum absolute atomic E-state index is 0.0898. The second kappa shape index (κ2) is 9.03. The van der Waals surface area contributed by atoms with Gasteiger partial charge < -0.3 is 15.2 Å². The van der Waals surface area contributed by atoms with E-state index in [1.54, 1.807) is 48.5 Å². The number of aromatic amines is 1. The van der Waals surface area contributed by atoms with Gasteiger partial charge in [-0.15, -0.1) is 0 Å². The minimum Gasteiger partial charge on any atom is -0.354 e. The van der Waals surface area contributed by atoms with Gasteiger partial charge in [0.15, 0.2) is 0 Å². The lowest BCUT2D eigenvalue weighted by Gasteiger charge is -2.10. The third kappa shape index (κ3) is 4.54. The van der Waals surface area contributed by atoms with Gasteiger partial charge in [-0.3, -0.25) is 14.9 Å². The molecule has 8 heteroatoms. The molecule has 2 aromatic carbocycles. The van der Waals surface area contributed by atoms with Crippen LogP contribution in [0.2, 0.25) is 0 Å². The summed E-state index contributed by atoms with van der Waals surface area (Å²) >= 11 is 0. The summed E-state index contributed by atoms with van der Waals surface area (Å²) in [6, 6.07) is 16.9. The monoisotopic (exact) mass is 403 g/mol. The second-order valence-electron chi connectivity index (χ2n) is 6.99. The van der Waals surface area contributed by atoms with E-state index in [1.165, 1.54) is 6.07 Å². The summed E-state index contributed by atoms with van der Waals surface area (Å²) in [6.07, 6.45) is 0.